The molecule has 12 aromatic carbocycles. The number of aromatic carboxylic acids is 6. The van der Waals surface area contributed by atoms with E-state index < -0.39 is 94.9 Å². The van der Waals surface area contributed by atoms with Crippen molar-refractivity contribution in [3.63, 3.8) is 0 Å². The summed E-state index contributed by atoms with van der Waals surface area (Å²) in [6, 6.07) is 68.7. The van der Waals surface area contributed by atoms with E-state index in [-0.39, 0.29) is 139 Å². The maximum atomic E-state index is 13.9. The molecular weight excluding hydrogens is 1830 g/mol. The van der Waals surface area contributed by atoms with Crippen LogP contribution >= 0.6 is 0 Å². The van der Waals surface area contributed by atoms with Crippen molar-refractivity contribution >= 4 is 106 Å². The molecule has 0 aliphatic carbocycles. The highest BCUT2D eigenvalue weighted by Gasteiger charge is 2.42. The van der Waals surface area contributed by atoms with Gasteiger partial charge in [0.15, 0.2) is 23.4 Å². The van der Waals surface area contributed by atoms with E-state index in [1.165, 1.54) is 145 Å². The van der Waals surface area contributed by atoms with Gasteiger partial charge >= 0.3 is 42.0 Å². The summed E-state index contributed by atoms with van der Waals surface area (Å²) in [7, 11) is 1.48. The van der Waals surface area contributed by atoms with Crippen molar-refractivity contribution < 1.29 is 134 Å². The number of amides is 6. The first-order valence-electron chi connectivity index (χ1n) is 42.6. The lowest BCUT2D eigenvalue weighted by Gasteiger charge is -2.22. The van der Waals surface area contributed by atoms with Gasteiger partial charge in [-0.1, -0.05) is 206 Å². The van der Waals surface area contributed by atoms with Crippen LogP contribution < -0.4 is 36.6 Å². The van der Waals surface area contributed by atoms with E-state index in [1.54, 1.807) is 72.8 Å². The van der Waals surface area contributed by atoms with Crippen molar-refractivity contribution in [1.29, 1.82) is 0 Å². The third-order valence-corrected chi connectivity index (χ3v) is 20.5. The molecule has 0 fully saturated rings. The van der Waals surface area contributed by atoms with Crippen molar-refractivity contribution in [2.75, 3.05) is 7.11 Å². The predicted molar refractivity (Wildman–Crippen MR) is 511 cm³/mol. The molecule has 0 spiro atoms. The topological polar surface area (TPSA) is 493 Å². The Morgan fingerprint density at radius 1 is 0.298 bits per heavy atom. The van der Waals surface area contributed by atoms with Crippen LogP contribution in [0.15, 0.2) is 286 Å². The van der Waals surface area contributed by atoms with E-state index >= 15 is 0 Å². The first-order chi connectivity index (χ1) is 66.9. The van der Waals surface area contributed by atoms with Crippen LogP contribution in [0.1, 0.15) is 253 Å². The molecule has 30 nitrogen and oxygen atoms in total. The number of methoxy groups -OCH3 is 1. The second kappa shape index (κ2) is 53.3. The van der Waals surface area contributed by atoms with Gasteiger partial charge in [0.1, 0.15) is 23.1 Å². The van der Waals surface area contributed by atoms with Crippen LogP contribution in [-0.2, 0) is 55.2 Å². The number of ether oxygens (including phenoxy) is 1. The molecule has 0 radical (unpaired) electrons. The highest BCUT2D eigenvalue weighted by Crippen LogP contribution is 2.34. The van der Waals surface area contributed by atoms with E-state index in [9.17, 15) is 99.1 Å². The zero-order valence-electron chi connectivity index (χ0n) is 76.8. The van der Waals surface area contributed by atoms with Crippen LogP contribution in [0.3, 0.4) is 0 Å². The van der Waals surface area contributed by atoms with E-state index in [0.29, 0.717) is 36.3 Å². The van der Waals surface area contributed by atoms with E-state index in [1.807, 2.05) is 85.0 Å². The molecule has 12 aromatic rings. The van der Waals surface area contributed by atoms with Crippen LogP contribution in [0.5, 0.6) is 5.75 Å². The third kappa shape index (κ3) is 34.0. The fraction of sp³-hybridized carbons (Fsp3) is 0.150. The Bertz CT molecular complexity index is 6550. The first-order valence-corrected chi connectivity index (χ1v) is 42.6. The van der Waals surface area contributed by atoms with Gasteiger partial charge in [0, 0.05) is 73.4 Å². The quantitative estimate of drug-likeness (QED) is 0.0134. The average molecular weight is 1930 g/mol. The Labute approximate surface area is 805 Å². The molecule has 0 saturated carbocycles. The van der Waals surface area contributed by atoms with Crippen molar-refractivity contribution in [2.45, 2.75) is 99.3 Å². The molecule has 0 bridgehead atoms. The molecule has 12 N–H and O–H groups in total. The molecule has 12 rings (SSSR count). The Kier molecular flexibility index (Phi) is 41.5. The van der Waals surface area contributed by atoms with Gasteiger partial charge in [-0.25, -0.2) is 33.2 Å². The second-order valence-corrected chi connectivity index (χ2v) is 31.0. The van der Waals surface area contributed by atoms with Gasteiger partial charge in [0.25, 0.3) is 35.4 Å². The summed E-state index contributed by atoms with van der Waals surface area (Å²) >= 11 is 0. The van der Waals surface area contributed by atoms with Gasteiger partial charge in [0.2, 0.25) is 0 Å². The number of carboxylic acids is 6. The Morgan fingerprint density at radius 3 is 0.801 bits per heavy atom. The lowest BCUT2D eigenvalue weighted by Crippen LogP contribution is -2.38. The van der Waals surface area contributed by atoms with E-state index in [2.05, 4.69) is 33.2 Å². The standard InChI is InChI=1S/C18H14F3NO4.C18H17NO5.2C18H17NO4.C18H17NO3.C17H14FNO4/c1-10(23)11-6-8-12(9-7-11)15(18(19,20)21)22-16(24)13-4-2-3-5-14(13)17(25)26;1-11(20)12-7-8-13(16(9-12)24-2)10-19-17(21)14-5-3-4-6-15(14)18(22)23;2*1-12(20)10-13-6-8-14(9-7-13)11-19-17(21)15-4-2-3-5-16(15)18(22)23;1-12(2)14-9-7-13(8-10-14)11-19-17(20)15-5-3-4-6-16(15)18(21)22;1-10(20)11-6-7-12(15(18)8-11)9-19-16(21)13-4-2-3-5-14(13)17(22)23/h2-9,15H,1H3,(H,22,24)(H,25,26);3-9H,10H2,1-2H3,(H,19,21)(H,22,23);2*2-9H,10-11H2,1H3,(H,19,21)(H,22,23);3-10H,1,11H2,2H3,(H,19,20)(H,21,22);2-8H,9H2,1H3,(H,19,21)(H,22,23). The van der Waals surface area contributed by atoms with Gasteiger partial charge in [-0.15, -0.1) is 0 Å². The van der Waals surface area contributed by atoms with Crippen molar-refractivity contribution in [3.05, 3.63) is 425 Å². The zero-order valence-corrected chi connectivity index (χ0v) is 76.8. The number of hydrogen-bond acceptors (Lipinski definition) is 18. The van der Waals surface area contributed by atoms with Crippen molar-refractivity contribution in [1.82, 2.24) is 31.9 Å². The Morgan fingerprint density at radius 2 is 0.539 bits per heavy atom. The van der Waals surface area contributed by atoms with Crippen LogP contribution in [0, 0.1) is 5.82 Å². The monoisotopic (exact) mass is 1920 g/mol. The maximum absolute atomic E-state index is 13.9. The fourth-order valence-electron chi connectivity index (χ4n) is 13.1. The number of allylic oxidation sites excluding steroid dienone is 1. The molecule has 726 valence electrons. The predicted octanol–water partition coefficient (Wildman–Crippen LogP) is 17.0. The number of hydrogen-bond donors (Lipinski definition) is 12. The van der Waals surface area contributed by atoms with Crippen molar-refractivity contribution in [2.24, 2.45) is 0 Å². The molecule has 0 aliphatic rings. The molecule has 6 amide bonds. The molecule has 1 unspecified atom stereocenters. The molecule has 0 saturated heterocycles. The second-order valence-electron chi connectivity index (χ2n) is 31.0. The van der Waals surface area contributed by atoms with Gasteiger partial charge in [-0.05, 0) is 165 Å². The smallest absolute Gasteiger partial charge is 0.412 e. The first kappa shape index (κ1) is 110. The summed E-state index contributed by atoms with van der Waals surface area (Å²) in [5.41, 5.74) is 7.64. The fourth-order valence-corrected chi connectivity index (χ4v) is 13.1. The average Bonchev–Trinajstić information content (AvgIpc) is 1.06. The molecule has 0 aliphatic heterocycles. The number of nitrogens with one attached hydrogen (secondary N) is 6. The number of Topliss-reactive ketones (excluding diaryl/α,β-unsaturated/α-hetero) is 5. The number of carbonyl (C=O) groups excluding carboxylic acids is 11. The number of alkyl halides is 3. The normalized spacial score (nSPS) is 10.5. The third-order valence-electron chi connectivity index (χ3n) is 20.5. The van der Waals surface area contributed by atoms with E-state index in [0.717, 1.165) is 69.3 Å². The number of carbonyl (C=O) groups is 17. The summed E-state index contributed by atoms with van der Waals surface area (Å²) in [5.74, 6) is -11.3. The minimum atomic E-state index is -4.81. The SMILES string of the molecule is C=C(C)c1ccc(CNC(=O)c2ccccc2C(=O)O)cc1.CC(=O)Cc1ccc(CNC(=O)c2ccccc2C(=O)O)cc1.CC(=O)Cc1ccc(CNC(=O)c2ccccc2C(=O)O)cc1.CC(=O)c1ccc(C(NC(=O)c2ccccc2C(=O)O)C(F)(F)F)cc1.CC(=O)c1ccc(CNC(=O)c2ccccc2C(=O)O)c(F)c1.COc1cc(C(C)=O)ccc1CNC(=O)c1ccccc1C(=O)O. The van der Waals surface area contributed by atoms with Crippen LogP contribution in [0.4, 0.5) is 17.6 Å². The van der Waals surface area contributed by atoms with Crippen LogP contribution in [0.25, 0.3) is 5.57 Å². The number of benzene rings is 12. The lowest BCUT2D eigenvalue weighted by atomic mass is 10.0. The number of ketones is 5. The zero-order chi connectivity index (χ0) is 104. The lowest BCUT2D eigenvalue weighted by molar-refractivity contribution is -0.155. The van der Waals surface area contributed by atoms with Crippen molar-refractivity contribution in [3.8, 4) is 5.75 Å². The molecule has 0 heterocycles. The molecular formula is C107H96F4N6O24. The summed E-state index contributed by atoms with van der Waals surface area (Å²) in [6.07, 6.45) is -4.04. The van der Waals surface area contributed by atoms with Crippen LogP contribution in [0.2, 0.25) is 0 Å². The van der Waals surface area contributed by atoms with Gasteiger partial charge < -0.3 is 67.3 Å². The molecule has 0 aromatic heterocycles. The number of rotatable bonds is 33. The summed E-state index contributed by atoms with van der Waals surface area (Å²) in [6.45, 7) is 13.9. The van der Waals surface area contributed by atoms with Gasteiger partial charge in [0.05, 0.1) is 73.9 Å². The summed E-state index contributed by atoms with van der Waals surface area (Å²) in [4.78, 5) is 196. The molecule has 1 atom stereocenters. The van der Waals surface area contributed by atoms with Gasteiger partial charge in [-0.2, -0.15) is 13.2 Å². The highest BCUT2D eigenvalue weighted by atomic mass is 19.4. The number of carboxylic acid groups (broad SMARTS) is 6. The Hall–Kier alpha value is -18.1. The highest BCUT2D eigenvalue weighted by molar-refractivity contribution is 6.09. The molecule has 141 heavy (non-hydrogen) atoms. The maximum Gasteiger partial charge on any atom is 0.412 e. The van der Waals surface area contributed by atoms with Crippen LogP contribution in [-0.4, -0.2) is 144 Å². The van der Waals surface area contributed by atoms with E-state index in [4.69, 9.17) is 35.4 Å². The minimum absolute atomic E-state index is 0.000708. The minimum Gasteiger partial charge on any atom is -0.496 e. The van der Waals surface area contributed by atoms with Gasteiger partial charge in [-0.3, -0.25) is 52.7 Å². The molecule has 34 heteroatoms. The summed E-state index contributed by atoms with van der Waals surface area (Å²) in [5, 5.41) is 69.6. The largest absolute Gasteiger partial charge is 0.496 e. The Balaban J connectivity index is 0.000000230. The summed E-state index contributed by atoms with van der Waals surface area (Å²) < 4.78 is 59.3. The number of halogens is 4.